The van der Waals surface area contributed by atoms with E-state index in [1.165, 1.54) is 6.92 Å². The highest BCUT2D eigenvalue weighted by atomic mass is 19.1. The van der Waals surface area contributed by atoms with Gasteiger partial charge < -0.3 is 10.1 Å². The molecule has 0 aromatic heterocycles. The molecule has 0 unspecified atom stereocenters. The molecule has 0 spiro atoms. The predicted molar refractivity (Wildman–Crippen MR) is 63.3 cm³/mol. The molecule has 4 nitrogen and oxygen atoms in total. The summed E-state index contributed by atoms with van der Waals surface area (Å²) >= 11 is 0. The minimum Gasteiger partial charge on any atom is -0.452 e. The molecule has 1 fully saturated rings. The van der Waals surface area contributed by atoms with Gasteiger partial charge in [-0.25, -0.2) is 8.78 Å². The Kier molecular flexibility index (Phi) is 3.78. The van der Waals surface area contributed by atoms with Crippen molar-refractivity contribution >= 4 is 17.6 Å². The average Bonchev–Trinajstić information content (AvgIpc) is 3.16. The zero-order chi connectivity index (χ0) is 14.0. The third kappa shape index (κ3) is 3.49. The van der Waals surface area contributed by atoms with Crippen molar-refractivity contribution in [2.24, 2.45) is 5.92 Å². The van der Waals surface area contributed by atoms with Crippen LogP contribution in [0.4, 0.5) is 14.5 Å². The number of amides is 1. The first-order valence-electron chi connectivity index (χ1n) is 5.94. The fraction of sp³-hybridized carbons (Fsp3) is 0.385. The quantitative estimate of drug-likeness (QED) is 0.853. The van der Waals surface area contributed by atoms with Crippen molar-refractivity contribution in [1.29, 1.82) is 0 Å². The van der Waals surface area contributed by atoms with Crippen LogP contribution < -0.4 is 5.32 Å². The smallest absolute Gasteiger partial charge is 0.309 e. The standard InChI is InChI=1S/C13H13F2NO3/c1-7(19-13(18)8-2-3-8)12(17)16-11-5-4-9(14)6-10(11)15/h4-8H,2-3H2,1H3,(H,16,17)/t7-/m1/s1. The lowest BCUT2D eigenvalue weighted by Crippen LogP contribution is -2.30. The summed E-state index contributed by atoms with van der Waals surface area (Å²) in [6, 6.07) is 2.80. The van der Waals surface area contributed by atoms with Crippen molar-refractivity contribution < 1.29 is 23.1 Å². The first-order chi connectivity index (χ1) is 8.97. The molecule has 102 valence electrons. The van der Waals surface area contributed by atoms with Gasteiger partial charge in [-0.15, -0.1) is 0 Å². The van der Waals surface area contributed by atoms with Gasteiger partial charge >= 0.3 is 5.97 Å². The minimum atomic E-state index is -1.02. The highest BCUT2D eigenvalue weighted by Gasteiger charge is 2.33. The monoisotopic (exact) mass is 269 g/mol. The van der Waals surface area contributed by atoms with E-state index < -0.39 is 29.6 Å². The number of esters is 1. The molecule has 0 heterocycles. The van der Waals surface area contributed by atoms with E-state index in [2.05, 4.69) is 5.32 Å². The van der Waals surface area contributed by atoms with E-state index in [0.717, 1.165) is 25.0 Å². The molecule has 6 heteroatoms. The maximum absolute atomic E-state index is 13.3. The number of carbonyl (C=O) groups excluding carboxylic acids is 2. The van der Waals surface area contributed by atoms with Crippen molar-refractivity contribution in [1.82, 2.24) is 0 Å². The number of hydrogen-bond donors (Lipinski definition) is 1. The Morgan fingerprint density at radius 3 is 2.63 bits per heavy atom. The fourth-order valence-electron chi connectivity index (χ4n) is 1.47. The van der Waals surface area contributed by atoms with Gasteiger partial charge in [0.1, 0.15) is 11.6 Å². The van der Waals surface area contributed by atoms with Crippen LogP contribution in [-0.4, -0.2) is 18.0 Å². The lowest BCUT2D eigenvalue weighted by molar-refractivity contribution is -0.154. The van der Waals surface area contributed by atoms with Gasteiger partial charge in [0.2, 0.25) is 0 Å². The van der Waals surface area contributed by atoms with Crippen LogP contribution in [0.25, 0.3) is 0 Å². The number of rotatable bonds is 4. The number of ether oxygens (including phenoxy) is 1. The molecule has 0 saturated heterocycles. The fourth-order valence-corrected chi connectivity index (χ4v) is 1.47. The molecule has 0 bridgehead atoms. The summed E-state index contributed by atoms with van der Waals surface area (Å²) in [6.45, 7) is 1.40. The topological polar surface area (TPSA) is 55.4 Å². The predicted octanol–water partition coefficient (Wildman–Crippen LogP) is 2.25. The number of anilines is 1. The zero-order valence-corrected chi connectivity index (χ0v) is 10.3. The van der Waals surface area contributed by atoms with Crippen LogP contribution in [0.5, 0.6) is 0 Å². The summed E-state index contributed by atoms with van der Waals surface area (Å²) in [5.41, 5.74) is -0.152. The van der Waals surface area contributed by atoms with E-state index >= 15 is 0 Å². The molecular formula is C13H13F2NO3. The number of halogens is 2. The first-order valence-corrected chi connectivity index (χ1v) is 5.94. The van der Waals surface area contributed by atoms with Gasteiger partial charge in [0, 0.05) is 6.07 Å². The SMILES string of the molecule is C[C@@H](OC(=O)C1CC1)C(=O)Nc1ccc(F)cc1F. The van der Waals surface area contributed by atoms with E-state index in [1.807, 2.05) is 0 Å². The number of nitrogens with one attached hydrogen (secondary N) is 1. The van der Waals surface area contributed by atoms with E-state index in [-0.39, 0.29) is 11.6 Å². The van der Waals surface area contributed by atoms with Crippen molar-refractivity contribution in [3.8, 4) is 0 Å². The van der Waals surface area contributed by atoms with Crippen molar-refractivity contribution in [2.75, 3.05) is 5.32 Å². The third-order valence-corrected chi connectivity index (χ3v) is 2.76. The van der Waals surface area contributed by atoms with E-state index in [4.69, 9.17) is 4.74 Å². The van der Waals surface area contributed by atoms with Crippen LogP contribution in [0.15, 0.2) is 18.2 Å². The van der Waals surface area contributed by atoms with Crippen LogP contribution in [0.3, 0.4) is 0 Å². The average molecular weight is 269 g/mol. The Morgan fingerprint density at radius 1 is 1.37 bits per heavy atom. The molecule has 2 rings (SSSR count). The highest BCUT2D eigenvalue weighted by molar-refractivity contribution is 5.95. The number of hydrogen-bond acceptors (Lipinski definition) is 3. The molecule has 19 heavy (non-hydrogen) atoms. The lowest BCUT2D eigenvalue weighted by Gasteiger charge is -2.13. The van der Waals surface area contributed by atoms with E-state index in [9.17, 15) is 18.4 Å². The summed E-state index contributed by atoms with van der Waals surface area (Å²) in [6.07, 6.45) is 0.539. The summed E-state index contributed by atoms with van der Waals surface area (Å²) in [7, 11) is 0. The van der Waals surface area contributed by atoms with Gasteiger partial charge in [0.25, 0.3) is 5.91 Å². The van der Waals surface area contributed by atoms with Gasteiger partial charge in [-0.3, -0.25) is 9.59 Å². The maximum atomic E-state index is 13.3. The third-order valence-electron chi connectivity index (χ3n) is 2.76. The van der Waals surface area contributed by atoms with E-state index in [1.54, 1.807) is 0 Å². The normalized spacial score (nSPS) is 15.7. The molecule has 1 aromatic rings. The molecule has 1 aliphatic carbocycles. The lowest BCUT2D eigenvalue weighted by atomic mass is 10.2. The van der Waals surface area contributed by atoms with Crippen molar-refractivity contribution in [3.05, 3.63) is 29.8 Å². The molecular weight excluding hydrogens is 256 g/mol. The second kappa shape index (κ2) is 5.34. The second-order valence-corrected chi connectivity index (χ2v) is 4.47. The highest BCUT2D eigenvalue weighted by Crippen LogP contribution is 2.30. The summed E-state index contributed by atoms with van der Waals surface area (Å²) in [5.74, 6) is -2.79. The van der Waals surface area contributed by atoms with Gasteiger partial charge in [-0.05, 0) is 31.9 Å². The molecule has 1 aromatic carbocycles. The van der Waals surface area contributed by atoms with Crippen molar-refractivity contribution in [2.45, 2.75) is 25.9 Å². The Labute approximate surface area is 108 Å². The van der Waals surface area contributed by atoms with Gasteiger partial charge in [0.05, 0.1) is 11.6 Å². The van der Waals surface area contributed by atoms with Gasteiger partial charge in [-0.1, -0.05) is 0 Å². The van der Waals surface area contributed by atoms with Gasteiger partial charge in [0.15, 0.2) is 6.10 Å². The Balaban J connectivity index is 1.93. The molecule has 0 radical (unpaired) electrons. The Hall–Kier alpha value is -1.98. The Bertz CT molecular complexity index is 515. The molecule has 1 amide bonds. The second-order valence-electron chi connectivity index (χ2n) is 4.47. The Morgan fingerprint density at radius 2 is 2.05 bits per heavy atom. The first kappa shape index (κ1) is 13.5. The van der Waals surface area contributed by atoms with Crippen LogP contribution in [0, 0.1) is 17.6 Å². The van der Waals surface area contributed by atoms with Crippen LogP contribution >= 0.6 is 0 Å². The summed E-state index contributed by atoms with van der Waals surface area (Å²) < 4.78 is 30.9. The van der Waals surface area contributed by atoms with Crippen LogP contribution in [-0.2, 0) is 14.3 Å². The molecule has 1 saturated carbocycles. The van der Waals surface area contributed by atoms with Gasteiger partial charge in [-0.2, -0.15) is 0 Å². The number of benzene rings is 1. The summed E-state index contributed by atoms with van der Waals surface area (Å²) in [4.78, 5) is 23.0. The van der Waals surface area contributed by atoms with Crippen molar-refractivity contribution in [3.63, 3.8) is 0 Å². The van der Waals surface area contributed by atoms with Crippen LogP contribution in [0.2, 0.25) is 0 Å². The number of carbonyl (C=O) groups is 2. The van der Waals surface area contributed by atoms with Crippen LogP contribution in [0.1, 0.15) is 19.8 Å². The largest absolute Gasteiger partial charge is 0.452 e. The maximum Gasteiger partial charge on any atom is 0.309 e. The molecule has 1 atom stereocenters. The van der Waals surface area contributed by atoms with E-state index in [0.29, 0.717) is 6.07 Å². The molecule has 0 aliphatic heterocycles. The minimum absolute atomic E-state index is 0.113. The summed E-state index contributed by atoms with van der Waals surface area (Å²) in [5, 5.41) is 2.24. The molecule has 1 N–H and O–H groups in total. The zero-order valence-electron chi connectivity index (χ0n) is 10.3. The molecule has 1 aliphatic rings.